The molecule has 1 aromatic rings. The van der Waals surface area contributed by atoms with Gasteiger partial charge in [-0.2, -0.15) is 0 Å². The minimum atomic E-state index is -1.11. The van der Waals surface area contributed by atoms with Crippen molar-refractivity contribution in [2.24, 2.45) is 17.6 Å². The Morgan fingerprint density at radius 2 is 1.59 bits per heavy atom. The van der Waals surface area contributed by atoms with Crippen LogP contribution in [0.25, 0.3) is 0 Å². The highest BCUT2D eigenvalue weighted by Crippen LogP contribution is 2.31. The molecule has 0 spiro atoms. The molecule has 0 radical (unpaired) electrons. The minimum absolute atomic E-state index is 0.191. The van der Waals surface area contributed by atoms with Crippen LogP contribution in [0, 0.1) is 11.8 Å². The van der Waals surface area contributed by atoms with E-state index in [9.17, 15) is 24.0 Å². The van der Waals surface area contributed by atoms with Crippen LogP contribution >= 0.6 is 0 Å². The number of likely N-dealkylation sites (tertiary alicyclic amines) is 1. The molecule has 3 unspecified atom stereocenters. The Bertz CT molecular complexity index is 1050. The summed E-state index contributed by atoms with van der Waals surface area (Å²) in [5.74, 6) is -2.15. The van der Waals surface area contributed by atoms with Crippen molar-refractivity contribution in [2.45, 2.75) is 111 Å². The van der Waals surface area contributed by atoms with Crippen molar-refractivity contribution < 1.29 is 28.7 Å². The highest BCUT2D eigenvalue weighted by Gasteiger charge is 2.43. The van der Waals surface area contributed by atoms with Gasteiger partial charge in [0.15, 0.2) is 0 Å². The van der Waals surface area contributed by atoms with Gasteiger partial charge in [0.25, 0.3) is 5.91 Å². The van der Waals surface area contributed by atoms with E-state index in [2.05, 4.69) is 31.4 Å². The van der Waals surface area contributed by atoms with Crippen LogP contribution in [-0.2, 0) is 36.8 Å². The number of Topliss-reactive ketones (excluding diaryl/α,β-unsaturated/α-hetero) is 1. The summed E-state index contributed by atoms with van der Waals surface area (Å²) in [6.07, 6.45) is 3.33. The lowest BCUT2D eigenvalue weighted by Gasteiger charge is -2.32. The third kappa shape index (κ3) is 9.86. The topological polar surface area (TPSA) is 148 Å². The molecule has 3 atom stereocenters. The predicted octanol–water partition coefficient (Wildman–Crippen LogP) is 3.29. The maximum absolute atomic E-state index is 13.8. The number of ketones is 1. The number of alkyl carbamates (subject to hydrolysis) is 1. The predicted molar refractivity (Wildman–Crippen MR) is 157 cm³/mol. The molecular formula is C31H48N4O6. The van der Waals surface area contributed by atoms with Crippen molar-refractivity contribution in [2.75, 3.05) is 6.54 Å². The summed E-state index contributed by atoms with van der Waals surface area (Å²) in [5.41, 5.74) is 7.40. The molecule has 10 heteroatoms. The number of rotatable bonds is 11. The average molecular weight is 573 g/mol. The zero-order chi connectivity index (χ0) is 30.7. The van der Waals surface area contributed by atoms with Gasteiger partial charge in [-0.15, -0.1) is 0 Å². The lowest BCUT2D eigenvalue weighted by molar-refractivity contribution is -0.142. The van der Waals surface area contributed by atoms with E-state index in [1.807, 2.05) is 31.2 Å². The van der Waals surface area contributed by atoms with Gasteiger partial charge in [-0.3, -0.25) is 19.2 Å². The SMILES string of the molecule is CCC(C)C.CCCC(NC(=O)C1CCCN1C(=O)C(NC(=O)OC(C)C)C1Cc2ccccc2C1)C(=O)C(N)=O. The van der Waals surface area contributed by atoms with Crippen LogP contribution in [0.3, 0.4) is 0 Å². The molecule has 0 saturated carbocycles. The number of amides is 4. The smallest absolute Gasteiger partial charge is 0.408 e. The summed E-state index contributed by atoms with van der Waals surface area (Å²) in [6, 6.07) is 5.19. The van der Waals surface area contributed by atoms with Crippen LogP contribution in [0.15, 0.2) is 24.3 Å². The van der Waals surface area contributed by atoms with E-state index in [1.54, 1.807) is 13.8 Å². The maximum atomic E-state index is 13.8. The lowest BCUT2D eigenvalue weighted by Crippen LogP contribution is -2.57. The molecule has 1 aromatic carbocycles. The summed E-state index contributed by atoms with van der Waals surface area (Å²) in [5, 5.41) is 5.38. The Hall–Kier alpha value is -3.43. The molecule has 1 heterocycles. The van der Waals surface area contributed by atoms with E-state index in [1.165, 1.54) is 11.3 Å². The second-order valence-electron chi connectivity index (χ2n) is 11.6. The van der Waals surface area contributed by atoms with Gasteiger partial charge in [0, 0.05) is 6.54 Å². The number of ether oxygens (including phenoxy) is 1. The van der Waals surface area contributed by atoms with Crippen LogP contribution in [-0.4, -0.2) is 65.3 Å². The molecule has 3 rings (SSSR count). The fourth-order valence-corrected chi connectivity index (χ4v) is 5.06. The van der Waals surface area contributed by atoms with Crippen LogP contribution < -0.4 is 16.4 Å². The van der Waals surface area contributed by atoms with E-state index >= 15 is 0 Å². The zero-order valence-electron chi connectivity index (χ0n) is 25.4. The molecule has 2 aliphatic rings. The van der Waals surface area contributed by atoms with Crippen molar-refractivity contribution in [1.29, 1.82) is 0 Å². The number of hydrogen-bond acceptors (Lipinski definition) is 6. The highest BCUT2D eigenvalue weighted by atomic mass is 16.6. The number of benzene rings is 1. The quantitative estimate of drug-likeness (QED) is 0.347. The second-order valence-corrected chi connectivity index (χ2v) is 11.6. The van der Waals surface area contributed by atoms with Crippen LogP contribution in [0.2, 0.25) is 0 Å². The molecule has 1 saturated heterocycles. The summed E-state index contributed by atoms with van der Waals surface area (Å²) >= 11 is 0. The Kier molecular flexibility index (Phi) is 13.3. The molecule has 1 aliphatic heterocycles. The molecular weight excluding hydrogens is 524 g/mol. The third-order valence-electron chi connectivity index (χ3n) is 7.54. The van der Waals surface area contributed by atoms with Crippen molar-refractivity contribution in [3.05, 3.63) is 35.4 Å². The number of nitrogens with one attached hydrogen (secondary N) is 2. The van der Waals surface area contributed by atoms with Gasteiger partial charge in [-0.25, -0.2) is 4.79 Å². The average Bonchev–Trinajstić information content (AvgIpc) is 3.58. The molecule has 4 N–H and O–H groups in total. The molecule has 1 aliphatic carbocycles. The van der Waals surface area contributed by atoms with Crippen LogP contribution in [0.1, 0.15) is 84.8 Å². The number of nitrogens with zero attached hydrogens (tertiary/aromatic N) is 1. The van der Waals surface area contributed by atoms with E-state index in [-0.39, 0.29) is 24.3 Å². The summed E-state index contributed by atoms with van der Waals surface area (Å²) in [7, 11) is 0. The standard InChI is InChI=1S/C26H36N4O6.C5H12/c1-4-8-19(22(31)23(27)32)28-24(33)20-11-7-12-30(20)25(34)21(29-26(35)36-15(2)3)18-13-16-9-5-6-10-17(16)14-18;1-4-5(2)3/h5-6,9-10,15,18-21H,4,7-8,11-14H2,1-3H3,(H2,27,32)(H,28,33)(H,29,35);5H,4H2,1-3H3. The number of fused-ring (bicyclic) bond motifs is 1. The lowest BCUT2D eigenvalue weighted by atomic mass is 9.95. The summed E-state index contributed by atoms with van der Waals surface area (Å²) in [6.45, 7) is 12.3. The molecule has 41 heavy (non-hydrogen) atoms. The number of nitrogens with two attached hydrogens (primary N) is 1. The number of carbonyl (C=O) groups is 5. The first kappa shape index (κ1) is 33.8. The molecule has 1 fully saturated rings. The maximum Gasteiger partial charge on any atom is 0.408 e. The van der Waals surface area contributed by atoms with E-state index in [4.69, 9.17) is 10.5 Å². The van der Waals surface area contributed by atoms with Gasteiger partial charge >= 0.3 is 6.09 Å². The number of carbonyl (C=O) groups excluding carboxylic acids is 5. The number of primary amides is 1. The molecule has 10 nitrogen and oxygen atoms in total. The van der Waals surface area contributed by atoms with Gasteiger partial charge in [0.1, 0.15) is 12.1 Å². The normalized spacial score (nSPS) is 17.8. The summed E-state index contributed by atoms with van der Waals surface area (Å²) < 4.78 is 5.25. The van der Waals surface area contributed by atoms with Gasteiger partial charge in [-0.1, -0.05) is 64.8 Å². The van der Waals surface area contributed by atoms with Gasteiger partial charge < -0.3 is 26.0 Å². The van der Waals surface area contributed by atoms with Gasteiger partial charge in [0.05, 0.1) is 12.1 Å². The Balaban J connectivity index is 0.00000108. The largest absolute Gasteiger partial charge is 0.447 e. The molecule has 0 aromatic heterocycles. The fraction of sp³-hybridized carbons (Fsp3) is 0.645. The first-order valence-corrected chi connectivity index (χ1v) is 14.9. The minimum Gasteiger partial charge on any atom is -0.447 e. The van der Waals surface area contributed by atoms with Crippen LogP contribution in [0.5, 0.6) is 0 Å². The second kappa shape index (κ2) is 16.1. The van der Waals surface area contributed by atoms with Crippen molar-refractivity contribution in [3.63, 3.8) is 0 Å². The van der Waals surface area contributed by atoms with Crippen molar-refractivity contribution in [3.8, 4) is 0 Å². The fourth-order valence-electron chi connectivity index (χ4n) is 5.06. The van der Waals surface area contributed by atoms with E-state index in [0.29, 0.717) is 38.6 Å². The van der Waals surface area contributed by atoms with E-state index in [0.717, 1.165) is 17.0 Å². The Morgan fingerprint density at radius 1 is 1.00 bits per heavy atom. The number of hydrogen-bond donors (Lipinski definition) is 3. The van der Waals surface area contributed by atoms with Crippen molar-refractivity contribution >= 4 is 29.6 Å². The van der Waals surface area contributed by atoms with E-state index < -0.39 is 41.8 Å². The molecule has 4 amide bonds. The Morgan fingerprint density at radius 3 is 2.07 bits per heavy atom. The third-order valence-corrected chi connectivity index (χ3v) is 7.54. The monoisotopic (exact) mass is 572 g/mol. The van der Waals surface area contributed by atoms with Crippen molar-refractivity contribution in [1.82, 2.24) is 15.5 Å². The Labute approximate surface area is 244 Å². The van der Waals surface area contributed by atoms with Crippen LogP contribution in [0.4, 0.5) is 4.79 Å². The van der Waals surface area contributed by atoms with Gasteiger partial charge in [-0.05, 0) is 68.9 Å². The highest BCUT2D eigenvalue weighted by molar-refractivity contribution is 6.37. The first-order chi connectivity index (χ1) is 19.4. The van der Waals surface area contributed by atoms with Gasteiger partial charge in [0.2, 0.25) is 17.6 Å². The first-order valence-electron chi connectivity index (χ1n) is 14.9. The zero-order valence-corrected chi connectivity index (χ0v) is 25.4. The summed E-state index contributed by atoms with van der Waals surface area (Å²) in [4.78, 5) is 64.5. The molecule has 228 valence electrons. The molecule has 0 bridgehead atoms.